The zero-order valence-electron chi connectivity index (χ0n) is 11.7. The number of azo groups is 1. The number of aromatic hydroxyl groups is 1. The van der Waals surface area contributed by atoms with E-state index in [-0.39, 0.29) is 29.3 Å². The molecule has 8 heteroatoms. The lowest BCUT2D eigenvalue weighted by molar-refractivity contribution is -0.136. The van der Waals surface area contributed by atoms with Crippen molar-refractivity contribution in [2.45, 2.75) is 6.42 Å². The van der Waals surface area contributed by atoms with Gasteiger partial charge in [-0.15, -0.1) is 10.2 Å². The Morgan fingerprint density at radius 1 is 1.22 bits per heavy atom. The normalized spacial score (nSPS) is 11.3. The fraction of sp³-hybridized carbons (Fsp3) is 0.0667. The van der Waals surface area contributed by atoms with Gasteiger partial charge in [-0.25, -0.2) is 4.98 Å². The number of carboxylic acids is 1. The van der Waals surface area contributed by atoms with Crippen LogP contribution in [0.15, 0.2) is 52.8 Å². The second-order valence-electron chi connectivity index (χ2n) is 4.72. The Kier molecular flexibility index (Phi) is 3.94. The standard InChI is InChI=1S/C15H11ClN4O3/c16-9-3-5-10(6-4-9)18-19-14-11(8-13(22)23)17-15-12(21)2-1-7-20(14)15/h1-7,21H,8H2,(H,22,23). The smallest absolute Gasteiger partial charge is 0.309 e. The Hall–Kier alpha value is -2.93. The van der Waals surface area contributed by atoms with Crippen molar-refractivity contribution in [2.75, 3.05) is 0 Å². The monoisotopic (exact) mass is 330 g/mol. The predicted molar refractivity (Wildman–Crippen MR) is 83.8 cm³/mol. The van der Waals surface area contributed by atoms with E-state index < -0.39 is 5.97 Å². The molecule has 0 aliphatic rings. The van der Waals surface area contributed by atoms with Gasteiger partial charge in [0.25, 0.3) is 0 Å². The van der Waals surface area contributed by atoms with E-state index in [0.717, 1.165) is 0 Å². The van der Waals surface area contributed by atoms with E-state index in [0.29, 0.717) is 10.7 Å². The second kappa shape index (κ2) is 6.05. The topological polar surface area (TPSA) is 99.5 Å². The molecule has 0 aliphatic carbocycles. The molecule has 0 saturated heterocycles. The zero-order valence-corrected chi connectivity index (χ0v) is 12.5. The minimum atomic E-state index is -1.05. The van der Waals surface area contributed by atoms with Gasteiger partial charge in [0.1, 0.15) is 0 Å². The van der Waals surface area contributed by atoms with Gasteiger partial charge in [0.05, 0.1) is 17.8 Å². The van der Waals surface area contributed by atoms with E-state index in [9.17, 15) is 9.90 Å². The van der Waals surface area contributed by atoms with Gasteiger partial charge in [-0.1, -0.05) is 11.6 Å². The number of fused-ring (bicyclic) bond motifs is 1. The third-order valence-electron chi connectivity index (χ3n) is 3.08. The lowest BCUT2D eigenvalue weighted by Gasteiger charge is -1.98. The molecular weight excluding hydrogens is 320 g/mol. The summed E-state index contributed by atoms with van der Waals surface area (Å²) in [6, 6.07) is 9.79. The van der Waals surface area contributed by atoms with Crippen molar-refractivity contribution in [1.82, 2.24) is 9.38 Å². The molecule has 3 aromatic rings. The van der Waals surface area contributed by atoms with Crippen LogP contribution in [-0.4, -0.2) is 25.6 Å². The molecule has 23 heavy (non-hydrogen) atoms. The number of carbonyl (C=O) groups is 1. The van der Waals surface area contributed by atoms with Crippen LogP contribution in [0.3, 0.4) is 0 Å². The molecule has 0 bridgehead atoms. The molecule has 7 nitrogen and oxygen atoms in total. The number of benzene rings is 1. The SMILES string of the molecule is O=C(O)Cc1nc2c(O)cccn2c1N=Nc1ccc(Cl)cc1. The van der Waals surface area contributed by atoms with Crippen molar-refractivity contribution in [3.63, 3.8) is 0 Å². The minimum absolute atomic E-state index is 0.0629. The maximum absolute atomic E-state index is 11.0. The predicted octanol–water partition coefficient (Wildman–Crippen LogP) is 3.74. The highest BCUT2D eigenvalue weighted by molar-refractivity contribution is 6.30. The average molecular weight is 331 g/mol. The highest BCUT2D eigenvalue weighted by atomic mass is 35.5. The van der Waals surface area contributed by atoms with Crippen LogP contribution in [0.5, 0.6) is 5.75 Å². The lowest BCUT2D eigenvalue weighted by atomic mass is 10.3. The molecule has 0 aliphatic heterocycles. The number of aliphatic carboxylic acids is 1. The maximum atomic E-state index is 11.0. The van der Waals surface area contributed by atoms with Gasteiger partial charge in [0, 0.05) is 11.2 Å². The van der Waals surface area contributed by atoms with Crippen molar-refractivity contribution in [2.24, 2.45) is 10.2 Å². The van der Waals surface area contributed by atoms with Crippen LogP contribution < -0.4 is 0 Å². The van der Waals surface area contributed by atoms with E-state index in [1.54, 1.807) is 36.5 Å². The van der Waals surface area contributed by atoms with Crippen molar-refractivity contribution in [3.05, 3.63) is 53.3 Å². The first kappa shape index (κ1) is 15.0. The van der Waals surface area contributed by atoms with Gasteiger partial charge in [-0.05, 0) is 36.4 Å². The van der Waals surface area contributed by atoms with Crippen LogP contribution in [0.1, 0.15) is 5.69 Å². The maximum Gasteiger partial charge on any atom is 0.309 e. The van der Waals surface area contributed by atoms with Gasteiger partial charge >= 0.3 is 5.97 Å². The Morgan fingerprint density at radius 3 is 2.65 bits per heavy atom. The summed E-state index contributed by atoms with van der Waals surface area (Å²) in [7, 11) is 0. The average Bonchev–Trinajstić information content (AvgIpc) is 2.85. The molecule has 116 valence electrons. The van der Waals surface area contributed by atoms with E-state index in [4.69, 9.17) is 16.7 Å². The van der Waals surface area contributed by atoms with Crippen molar-refractivity contribution in [3.8, 4) is 5.75 Å². The van der Waals surface area contributed by atoms with Gasteiger partial charge in [-0.3, -0.25) is 9.20 Å². The molecule has 0 spiro atoms. The summed E-state index contributed by atoms with van der Waals surface area (Å²) < 4.78 is 1.49. The van der Waals surface area contributed by atoms with E-state index in [1.165, 1.54) is 10.5 Å². The van der Waals surface area contributed by atoms with Crippen LogP contribution >= 0.6 is 11.6 Å². The summed E-state index contributed by atoms with van der Waals surface area (Å²) in [5, 5.41) is 27.6. The first-order chi connectivity index (χ1) is 11.0. The van der Waals surface area contributed by atoms with Gasteiger partial charge in [-0.2, -0.15) is 0 Å². The highest BCUT2D eigenvalue weighted by Gasteiger charge is 2.16. The first-order valence-corrected chi connectivity index (χ1v) is 7.00. The summed E-state index contributed by atoms with van der Waals surface area (Å²) in [5.41, 5.74) is 1.01. The molecule has 0 unspecified atom stereocenters. The number of imidazole rings is 1. The molecule has 0 saturated carbocycles. The fourth-order valence-electron chi connectivity index (χ4n) is 2.07. The Balaban J connectivity index is 2.08. The number of aromatic nitrogens is 2. The van der Waals surface area contributed by atoms with Gasteiger partial charge in [0.2, 0.25) is 0 Å². The number of rotatable bonds is 4. The molecule has 2 aromatic heterocycles. The number of hydrogen-bond acceptors (Lipinski definition) is 5. The van der Waals surface area contributed by atoms with E-state index >= 15 is 0 Å². The fourth-order valence-corrected chi connectivity index (χ4v) is 2.19. The second-order valence-corrected chi connectivity index (χ2v) is 5.15. The number of pyridine rings is 1. The number of halogens is 1. The number of carboxylic acid groups (broad SMARTS) is 1. The van der Waals surface area contributed by atoms with Crippen molar-refractivity contribution >= 4 is 34.7 Å². The molecule has 0 fully saturated rings. The zero-order chi connectivity index (χ0) is 16.4. The number of nitrogens with zero attached hydrogens (tertiary/aromatic N) is 4. The third-order valence-corrected chi connectivity index (χ3v) is 3.33. The Morgan fingerprint density at radius 2 is 1.96 bits per heavy atom. The highest BCUT2D eigenvalue weighted by Crippen LogP contribution is 2.28. The molecule has 0 radical (unpaired) electrons. The van der Waals surface area contributed by atoms with Gasteiger partial charge in [0.15, 0.2) is 17.2 Å². The molecule has 2 heterocycles. The number of hydrogen-bond donors (Lipinski definition) is 2. The van der Waals surface area contributed by atoms with E-state index in [1.807, 2.05) is 0 Å². The summed E-state index contributed by atoms with van der Waals surface area (Å²) in [6.07, 6.45) is 1.31. The van der Waals surface area contributed by atoms with E-state index in [2.05, 4.69) is 15.2 Å². The molecule has 3 rings (SSSR count). The quantitative estimate of drug-likeness (QED) is 0.712. The Labute approximate surface area is 135 Å². The summed E-state index contributed by atoms with van der Waals surface area (Å²) in [5.74, 6) is -0.851. The molecule has 1 aromatic carbocycles. The van der Waals surface area contributed by atoms with Crippen LogP contribution in [0.25, 0.3) is 5.65 Å². The van der Waals surface area contributed by atoms with Crippen molar-refractivity contribution in [1.29, 1.82) is 0 Å². The summed E-state index contributed by atoms with van der Waals surface area (Å²) >= 11 is 5.81. The molecule has 0 amide bonds. The van der Waals surface area contributed by atoms with Crippen LogP contribution in [0.2, 0.25) is 5.02 Å². The van der Waals surface area contributed by atoms with Crippen molar-refractivity contribution < 1.29 is 15.0 Å². The summed E-state index contributed by atoms with van der Waals surface area (Å²) in [6.45, 7) is 0. The van der Waals surface area contributed by atoms with Crippen LogP contribution in [0, 0.1) is 0 Å². The van der Waals surface area contributed by atoms with Crippen LogP contribution in [0.4, 0.5) is 11.5 Å². The minimum Gasteiger partial charge on any atom is -0.504 e. The van der Waals surface area contributed by atoms with Crippen LogP contribution in [-0.2, 0) is 11.2 Å². The lowest BCUT2D eigenvalue weighted by Crippen LogP contribution is -2.00. The largest absolute Gasteiger partial charge is 0.504 e. The summed E-state index contributed by atoms with van der Waals surface area (Å²) in [4.78, 5) is 15.1. The molecule has 2 N–H and O–H groups in total. The molecular formula is C15H11ClN4O3. The third kappa shape index (κ3) is 3.14. The Bertz CT molecular complexity index is 903. The first-order valence-electron chi connectivity index (χ1n) is 6.62. The van der Waals surface area contributed by atoms with Gasteiger partial charge < -0.3 is 10.2 Å². The molecule has 0 atom stereocenters.